The minimum absolute atomic E-state index is 0.123. The van der Waals surface area contributed by atoms with E-state index < -0.39 is 6.42 Å². The number of hydrazone groups is 1. The van der Waals surface area contributed by atoms with Crippen LogP contribution < -0.4 is 0 Å². The van der Waals surface area contributed by atoms with Gasteiger partial charge < -0.3 is 4.90 Å². The lowest BCUT2D eigenvalue weighted by atomic mass is 10.4. The van der Waals surface area contributed by atoms with Crippen LogP contribution in [0.3, 0.4) is 0 Å². The van der Waals surface area contributed by atoms with E-state index in [9.17, 15) is 4.39 Å². The Morgan fingerprint density at radius 1 is 1.64 bits per heavy atom. The van der Waals surface area contributed by atoms with Gasteiger partial charge in [0.05, 0.1) is 0 Å². The molecule has 1 unspecified atom stereocenters. The second-order valence-electron chi connectivity index (χ2n) is 2.85. The number of hydrogen-bond donors (Lipinski definition) is 0. The lowest BCUT2D eigenvalue weighted by Crippen LogP contribution is -2.39. The molecule has 0 radical (unpaired) electrons. The maximum absolute atomic E-state index is 13.2. The van der Waals surface area contributed by atoms with E-state index in [-0.39, 0.29) is 6.04 Å². The summed E-state index contributed by atoms with van der Waals surface area (Å²) in [6, 6.07) is 0.123. The van der Waals surface area contributed by atoms with Crippen molar-refractivity contribution >= 4 is 6.34 Å². The molecule has 0 amide bonds. The summed E-state index contributed by atoms with van der Waals surface area (Å²) >= 11 is 0. The number of halogens is 1. The molecule has 3 nitrogen and oxygen atoms in total. The molecule has 1 rings (SSSR count). The predicted molar refractivity (Wildman–Crippen MR) is 42.7 cm³/mol. The summed E-state index contributed by atoms with van der Waals surface area (Å²) in [5.74, 6) is 0. The maximum Gasteiger partial charge on any atom is 0.265 e. The Hall–Kier alpha value is -0.800. The van der Waals surface area contributed by atoms with Crippen molar-refractivity contribution in [2.45, 2.75) is 33.2 Å². The van der Waals surface area contributed by atoms with E-state index in [0.29, 0.717) is 6.54 Å². The average Bonchev–Trinajstić information content (AvgIpc) is 2.30. The molecule has 0 saturated carbocycles. The molecule has 0 aromatic heterocycles. The molecule has 0 N–H and O–H groups in total. The Morgan fingerprint density at radius 2 is 2.27 bits per heavy atom. The van der Waals surface area contributed by atoms with Gasteiger partial charge in [0, 0.05) is 12.6 Å². The highest BCUT2D eigenvalue weighted by molar-refractivity contribution is 5.56. The van der Waals surface area contributed by atoms with E-state index in [1.807, 2.05) is 20.8 Å². The number of hydrogen-bond acceptors (Lipinski definition) is 3. The van der Waals surface area contributed by atoms with Crippen molar-refractivity contribution in [3.05, 3.63) is 0 Å². The number of rotatable bonds is 2. The van der Waals surface area contributed by atoms with Gasteiger partial charge in [0.25, 0.3) is 6.42 Å². The van der Waals surface area contributed by atoms with E-state index in [1.54, 1.807) is 11.2 Å². The van der Waals surface area contributed by atoms with Crippen molar-refractivity contribution in [3.63, 3.8) is 0 Å². The Bertz CT molecular complexity index is 158. The molecular weight excluding hydrogens is 145 g/mol. The van der Waals surface area contributed by atoms with Crippen LogP contribution in [0.25, 0.3) is 0 Å². The molecule has 1 heterocycles. The van der Waals surface area contributed by atoms with Crippen LogP contribution in [0.2, 0.25) is 0 Å². The standard InChI is InChI=1S/C7H14FN3/c1-4-10-5-9-11(6(2)3)7(10)8/h5-7H,4H2,1-3H3. The summed E-state index contributed by atoms with van der Waals surface area (Å²) in [4.78, 5) is 1.56. The van der Waals surface area contributed by atoms with Gasteiger partial charge in [0.1, 0.15) is 6.34 Å². The van der Waals surface area contributed by atoms with Crippen LogP contribution in [-0.4, -0.2) is 35.3 Å². The fourth-order valence-corrected chi connectivity index (χ4v) is 1.000. The van der Waals surface area contributed by atoms with Crippen LogP contribution in [0.15, 0.2) is 5.10 Å². The van der Waals surface area contributed by atoms with Gasteiger partial charge in [-0.2, -0.15) is 9.49 Å². The lowest BCUT2D eigenvalue weighted by Gasteiger charge is -2.25. The van der Waals surface area contributed by atoms with Gasteiger partial charge >= 0.3 is 0 Å². The van der Waals surface area contributed by atoms with Crippen molar-refractivity contribution in [2.24, 2.45) is 5.10 Å². The largest absolute Gasteiger partial charge is 0.313 e. The Kier molecular flexibility index (Phi) is 2.31. The SMILES string of the molecule is CCN1C=NN(C(C)C)C1F. The van der Waals surface area contributed by atoms with Crippen LogP contribution in [-0.2, 0) is 0 Å². The van der Waals surface area contributed by atoms with Crippen molar-refractivity contribution in [3.8, 4) is 0 Å². The topological polar surface area (TPSA) is 18.8 Å². The normalized spacial score (nSPS) is 23.9. The summed E-state index contributed by atoms with van der Waals surface area (Å²) in [5.41, 5.74) is 0. The molecule has 0 bridgehead atoms. The first-order valence-corrected chi connectivity index (χ1v) is 3.89. The van der Waals surface area contributed by atoms with Crippen LogP contribution in [0, 0.1) is 0 Å². The molecule has 11 heavy (non-hydrogen) atoms. The fraction of sp³-hybridized carbons (Fsp3) is 0.857. The monoisotopic (exact) mass is 159 g/mol. The molecular formula is C7H14FN3. The van der Waals surface area contributed by atoms with Gasteiger partial charge in [0.15, 0.2) is 0 Å². The van der Waals surface area contributed by atoms with E-state index >= 15 is 0 Å². The third-order valence-electron chi connectivity index (χ3n) is 1.72. The number of alkyl halides is 1. The maximum atomic E-state index is 13.2. The van der Waals surface area contributed by atoms with E-state index in [2.05, 4.69) is 5.10 Å². The lowest BCUT2D eigenvalue weighted by molar-refractivity contribution is -0.00243. The van der Waals surface area contributed by atoms with E-state index in [4.69, 9.17) is 0 Å². The predicted octanol–water partition coefficient (Wildman–Crippen LogP) is 1.23. The highest BCUT2D eigenvalue weighted by atomic mass is 19.1. The second-order valence-corrected chi connectivity index (χ2v) is 2.85. The van der Waals surface area contributed by atoms with Crippen LogP contribution >= 0.6 is 0 Å². The van der Waals surface area contributed by atoms with Gasteiger partial charge in [-0.25, -0.2) is 5.01 Å². The molecule has 1 atom stereocenters. The van der Waals surface area contributed by atoms with Crippen molar-refractivity contribution in [1.82, 2.24) is 9.91 Å². The average molecular weight is 159 g/mol. The molecule has 1 aliphatic rings. The Morgan fingerprint density at radius 3 is 2.55 bits per heavy atom. The molecule has 1 aliphatic heterocycles. The highest BCUT2D eigenvalue weighted by Crippen LogP contribution is 2.15. The summed E-state index contributed by atoms with van der Waals surface area (Å²) in [7, 11) is 0. The molecule has 4 heteroatoms. The van der Waals surface area contributed by atoms with E-state index in [1.165, 1.54) is 5.01 Å². The summed E-state index contributed by atoms with van der Waals surface area (Å²) < 4.78 is 13.2. The van der Waals surface area contributed by atoms with Crippen LogP contribution in [0.1, 0.15) is 20.8 Å². The number of nitrogens with zero attached hydrogens (tertiary/aromatic N) is 3. The van der Waals surface area contributed by atoms with Gasteiger partial charge in [-0.15, -0.1) is 0 Å². The minimum atomic E-state index is -1.07. The molecule has 0 aliphatic carbocycles. The molecule has 0 fully saturated rings. The zero-order valence-corrected chi connectivity index (χ0v) is 7.16. The van der Waals surface area contributed by atoms with Gasteiger partial charge in [-0.3, -0.25) is 0 Å². The molecule has 64 valence electrons. The zero-order valence-electron chi connectivity index (χ0n) is 7.16. The zero-order chi connectivity index (χ0) is 8.43. The van der Waals surface area contributed by atoms with Crippen molar-refractivity contribution < 1.29 is 4.39 Å². The molecule has 0 saturated heterocycles. The van der Waals surface area contributed by atoms with Crippen molar-refractivity contribution in [2.75, 3.05) is 6.54 Å². The fourth-order valence-electron chi connectivity index (χ4n) is 1.000. The molecule has 0 aromatic carbocycles. The highest BCUT2D eigenvalue weighted by Gasteiger charge is 2.27. The summed E-state index contributed by atoms with van der Waals surface area (Å²) in [6.45, 7) is 6.41. The van der Waals surface area contributed by atoms with Crippen LogP contribution in [0.5, 0.6) is 0 Å². The first kappa shape index (κ1) is 8.30. The minimum Gasteiger partial charge on any atom is -0.313 e. The Balaban J connectivity index is 2.56. The second kappa shape index (κ2) is 3.07. The first-order chi connectivity index (χ1) is 5.16. The first-order valence-electron chi connectivity index (χ1n) is 3.89. The van der Waals surface area contributed by atoms with Gasteiger partial charge in [-0.1, -0.05) is 0 Å². The third-order valence-corrected chi connectivity index (χ3v) is 1.72. The van der Waals surface area contributed by atoms with Gasteiger partial charge in [-0.05, 0) is 20.8 Å². The summed E-state index contributed by atoms with van der Waals surface area (Å²) in [6.07, 6.45) is 0.477. The third kappa shape index (κ3) is 1.44. The van der Waals surface area contributed by atoms with Gasteiger partial charge in [0.2, 0.25) is 0 Å². The smallest absolute Gasteiger partial charge is 0.265 e. The van der Waals surface area contributed by atoms with Crippen molar-refractivity contribution in [1.29, 1.82) is 0 Å². The van der Waals surface area contributed by atoms with Crippen LogP contribution in [0.4, 0.5) is 4.39 Å². The molecule has 0 spiro atoms. The quantitative estimate of drug-likeness (QED) is 0.564. The molecule has 0 aromatic rings. The summed E-state index contributed by atoms with van der Waals surface area (Å²) in [5, 5.41) is 5.38. The Labute approximate surface area is 66.5 Å². The van der Waals surface area contributed by atoms with E-state index in [0.717, 1.165) is 0 Å².